The molecule has 4 nitrogen and oxygen atoms in total. The van der Waals surface area contributed by atoms with E-state index in [4.69, 9.17) is 5.11 Å². The average Bonchev–Trinajstić information content (AvgIpc) is 2.55. The van der Waals surface area contributed by atoms with Crippen LogP contribution in [0.1, 0.15) is 11.1 Å². The number of aliphatic carboxylic acids is 1. The van der Waals surface area contributed by atoms with Gasteiger partial charge in [0.2, 0.25) is 0 Å². The van der Waals surface area contributed by atoms with E-state index >= 15 is 0 Å². The molecule has 0 radical (unpaired) electrons. The van der Waals surface area contributed by atoms with Crippen LogP contribution in [0.5, 0.6) is 0 Å². The molecule has 0 aliphatic carbocycles. The number of carboxylic acid groups (broad SMARTS) is 1. The van der Waals surface area contributed by atoms with E-state index in [-0.39, 0.29) is 40.4 Å². The highest BCUT2D eigenvalue weighted by molar-refractivity contribution is 6.07. The van der Waals surface area contributed by atoms with E-state index in [0.29, 0.717) is 0 Å². The summed E-state index contributed by atoms with van der Waals surface area (Å²) < 4.78 is 2.06. The van der Waals surface area contributed by atoms with Crippen molar-refractivity contribution in [1.82, 2.24) is 4.90 Å². The third-order valence-corrected chi connectivity index (χ3v) is 3.10. The second-order valence-electron chi connectivity index (χ2n) is 6.06. The summed E-state index contributed by atoms with van der Waals surface area (Å²) in [6.45, 7) is 0. The molecule has 0 saturated heterocycles. The Labute approximate surface area is 183 Å². The smallest absolute Gasteiger partial charge is 0.307 e. The molecule has 0 heterocycles. The van der Waals surface area contributed by atoms with Gasteiger partial charge in [-0.25, -0.2) is 4.58 Å². The van der Waals surface area contributed by atoms with E-state index in [9.17, 15) is 4.79 Å². The standard InChI is InChI=1S/C13H19N2.C8H8O2.2BrH/c1-14(2)10-13(11-15(3)4)12-8-6-5-7-9-12;9-8(10)6-7-4-2-1-3-5-7;;/h5-11H,1-4H3;1-5H,6H2,(H,9,10);2*1H/q+1;;;/p-2. The van der Waals surface area contributed by atoms with Crippen LogP contribution < -0.4 is 34.0 Å². The molecule has 27 heavy (non-hydrogen) atoms. The van der Waals surface area contributed by atoms with Crippen molar-refractivity contribution in [2.45, 2.75) is 6.42 Å². The Morgan fingerprint density at radius 1 is 0.963 bits per heavy atom. The zero-order valence-corrected chi connectivity index (χ0v) is 19.3. The molecule has 0 atom stereocenters. The highest BCUT2D eigenvalue weighted by Gasteiger charge is 2.02. The van der Waals surface area contributed by atoms with Crippen molar-refractivity contribution < 1.29 is 48.4 Å². The van der Waals surface area contributed by atoms with Gasteiger partial charge in [0.1, 0.15) is 14.1 Å². The summed E-state index contributed by atoms with van der Waals surface area (Å²) in [4.78, 5) is 12.2. The van der Waals surface area contributed by atoms with Crippen molar-refractivity contribution in [3.63, 3.8) is 0 Å². The number of hydrogen-bond acceptors (Lipinski definition) is 2. The topological polar surface area (TPSA) is 43.5 Å². The fourth-order valence-corrected chi connectivity index (χ4v) is 2.14. The van der Waals surface area contributed by atoms with Crippen molar-refractivity contribution in [2.75, 3.05) is 28.2 Å². The number of halogens is 2. The molecule has 0 amide bonds. The molecule has 0 aliphatic rings. The zero-order chi connectivity index (χ0) is 18.7. The highest BCUT2D eigenvalue weighted by Crippen LogP contribution is 2.11. The molecule has 0 spiro atoms. The average molecular weight is 499 g/mol. The van der Waals surface area contributed by atoms with E-state index in [1.54, 1.807) is 12.1 Å². The molecule has 0 unspecified atom stereocenters. The number of carboxylic acids is 1. The van der Waals surface area contributed by atoms with Crippen molar-refractivity contribution in [1.29, 1.82) is 0 Å². The largest absolute Gasteiger partial charge is 1.00 e. The lowest BCUT2D eigenvalue weighted by atomic mass is 10.1. The molecule has 2 aromatic rings. The Morgan fingerprint density at radius 2 is 1.44 bits per heavy atom. The zero-order valence-electron chi connectivity index (χ0n) is 16.1. The maximum atomic E-state index is 10.2. The Balaban J connectivity index is 0. The number of rotatable bonds is 5. The molecular formula is C21H27Br2N2O2-. The summed E-state index contributed by atoms with van der Waals surface area (Å²) >= 11 is 0. The van der Waals surface area contributed by atoms with Crippen molar-refractivity contribution >= 4 is 17.8 Å². The predicted octanol–water partition coefficient (Wildman–Crippen LogP) is -2.75. The van der Waals surface area contributed by atoms with Gasteiger partial charge >= 0.3 is 5.97 Å². The minimum absolute atomic E-state index is 0. The van der Waals surface area contributed by atoms with Gasteiger partial charge in [-0.05, 0) is 11.1 Å². The van der Waals surface area contributed by atoms with Crippen LogP contribution in [0, 0.1) is 0 Å². The van der Waals surface area contributed by atoms with Crippen LogP contribution in [0.15, 0.2) is 66.9 Å². The minimum Gasteiger partial charge on any atom is -1.00 e. The summed E-state index contributed by atoms with van der Waals surface area (Å²) in [5.74, 6) is -0.786. The lowest BCUT2D eigenvalue weighted by Crippen LogP contribution is -3.00. The number of hydrogen-bond donors (Lipinski definition) is 1. The maximum absolute atomic E-state index is 10.2. The second-order valence-corrected chi connectivity index (χ2v) is 6.06. The van der Waals surface area contributed by atoms with E-state index < -0.39 is 5.97 Å². The van der Waals surface area contributed by atoms with Crippen molar-refractivity contribution in [3.05, 3.63) is 78.0 Å². The molecule has 2 rings (SSSR count). The summed E-state index contributed by atoms with van der Waals surface area (Å²) in [5, 5.41) is 8.37. The van der Waals surface area contributed by atoms with Gasteiger partial charge in [-0.15, -0.1) is 0 Å². The van der Waals surface area contributed by atoms with Crippen LogP contribution in [0.25, 0.3) is 5.57 Å². The maximum Gasteiger partial charge on any atom is 0.307 e. The van der Waals surface area contributed by atoms with Gasteiger partial charge in [0.15, 0.2) is 6.21 Å². The van der Waals surface area contributed by atoms with Crippen molar-refractivity contribution in [2.24, 2.45) is 0 Å². The Hall–Kier alpha value is -1.92. The van der Waals surface area contributed by atoms with E-state index in [2.05, 4.69) is 46.2 Å². The third kappa shape index (κ3) is 13.0. The van der Waals surface area contributed by atoms with E-state index in [1.165, 1.54) is 11.1 Å². The molecule has 1 N–H and O–H groups in total. The third-order valence-electron chi connectivity index (χ3n) is 3.10. The number of nitrogens with zero attached hydrogens (tertiary/aromatic N) is 2. The van der Waals surface area contributed by atoms with Crippen LogP contribution in [0.4, 0.5) is 0 Å². The van der Waals surface area contributed by atoms with Crippen molar-refractivity contribution in [3.8, 4) is 0 Å². The minimum atomic E-state index is -0.786. The van der Waals surface area contributed by atoms with Crippen LogP contribution in [0.3, 0.4) is 0 Å². The van der Waals surface area contributed by atoms with E-state index in [0.717, 1.165) is 5.56 Å². The first-order chi connectivity index (χ1) is 11.9. The fourth-order valence-electron chi connectivity index (χ4n) is 2.14. The molecule has 0 aliphatic heterocycles. The SMILES string of the molecule is CN(C)/C=C(\C=[N+](C)C)c1ccccc1.O=C(O)Cc1ccccc1.[Br-].[Br-]. The van der Waals surface area contributed by atoms with Gasteiger partial charge in [-0.3, -0.25) is 4.79 Å². The van der Waals surface area contributed by atoms with Crippen LogP contribution in [0.2, 0.25) is 0 Å². The van der Waals surface area contributed by atoms with E-state index in [1.807, 2.05) is 52.5 Å². The first kappa shape index (κ1) is 27.3. The second kappa shape index (κ2) is 15.2. The first-order valence-corrected chi connectivity index (χ1v) is 8.09. The van der Waals surface area contributed by atoms with Gasteiger partial charge in [0, 0.05) is 20.3 Å². The molecule has 0 bridgehead atoms. The van der Waals surface area contributed by atoms with Gasteiger partial charge in [0.05, 0.1) is 12.0 Å². The van der Waals surface area contributed by atoms with Gasteiger partial charge in [0.25, 0.3) is 0 Å². The quantitative estimate of drug-likeness (QED) is 0.359. The Bertz CT molecular complexity index is 711. The molecule has 0 aromatic heterocycles. The Morgan fingerprint density at radius 3 is 1.85 bits per heavy atom. The summed E-state index contributed by atoms with van der Waals surface area (Å²) in [7, 11) is 8.14. The van der Waals surface area contributed by atoms with Crippen LogP contribution in [-0.2, 0) is 11.2 Å². The summed E-state index contributed by atoms with van der Waals surface area (Å²) in [6, 6.07) is 19.5. The molecule has 2 aromatic carbocycles. The molecule has 6 heteroatoms. The number of carbonyl (C=O) groups is 1. The molecular weight excluding hydrogens is 472 g/mol. The number of allylic oxidation sites excluding steroid dienone is 1. The lowest BCUT2D eigenvalue weighted by Gasteiger charge is -2.07. The first-order valence-electron chi connectivity index (χ1n) is 8.09. The van der Waals surface area contributed by atoms with Gasteiger partial charge in [-0.1, -0.05) is 60.7 Å². The van der Waals surface area contributed by atoms with Crippen LogP contribution >= 0.6 is 0 Å². The lowest BCUT2D eigenvalue weighted by molar-refractivity contribution is -0.458. The number of benzene rings is 2. The van der Waals surface area contributed by atoms with Gasteiger partial charge in [-0.2, -0.15) is 0 Å². The molecule has 148 valence electrons. The molecule has 0 saturated carbocycles. The predicted molar refractivity (Wildman–Crippen MR) is 104 cm³/mol. The molecule has 0 fully saturated rings. The summed E-state index contributed by atoms with van der Waals surface area (Å²) in [5.41, 5.74) is 3.29. The normalized spacial score (nSPS) is 9.56. The summed E-state index contributed by atoms with van der Waals surface area (Å²) in [6.07, 6.45) is 4.35. The van der Waals surface area contributed by atoms with Gasteiger partial charge < -0.3 is 44.0 Å². The fraction of sp³-hybridized carbons (Fsp3) is 0.238. The highest BCUT2D eigenvalue weighted by atomic mass is 79.9. The van der Waals surface area contributed by atoms with Crippen LogP contribution in [-0.4, -0.2) is 55.0 Å². The Kier molecular flexibility index (Phi) is 15.3. The monoisotopic (exact) mass is 497 g/mol.